The summed E-state index contributed by atoms with van der Waals surface area (Å²) in [5, 5.41) is 10.00. The van der Waals surface area contributed by atoms with Gasteiger partial charge in [-0.25, -0.2) is 4.79 Å². The average Bonchev–Trinajstić information content (AvgIpc) is 3.24. The van der Waals surface area contributed by atoms with Crippen LogP contribution in [0.1, 0.15) is 32.9 Å². The number of carboxylic acid groups (broad SMARTS) is 1. The minimum absolute atomic E-state index is 0.0113. The van der Waals surface area contributed by atoms with Crippen molar-refractivity contribution in [3.63, 3.8) is 0 Å². The molecule has 3 aromatic rings. The SMILES string of the molecule is COc1ccc(/C=C/c2cc(-c3cc4c([nH]3)CCNC4=O)ccn2)cc1C.O=C(O)C(F)(F)F. The Kier molecular flexibility index (Phi) is 7.40. The van der Waals surface area contributed by atoms with Gasteiger partial charge in [0.1, 0.15) is 5.75 Å². The highest BCUT2D eigenvalue weighted by Gasteiger charge is 2.38. The number of amides is 1. The van der Waals surface area contributed by atoms with E-state index in [1.807, 2.05) is 49.4 Å². The van der Waals surface area contributed by atoms with E-state index in [9.17, 15) is 18.0 Å². The Labute approximate surface area is 193 Å². The molecule has 0 unspecified atom stereocenters. The van der Waals surface area contributed by atoms with Crippen LogP contribution in [-0.2, 0) is 11.2 Å². The molecule has 34 heavy (non-hydrogen) atoms. The number of hydrogen-bond acceptors (Lipinski definition) is 4. The third kappa shape index (κ3) is 6.03. The molecule has 0 fully saturated rings. The molecule has 7 nitrogen and oxygen atoms in total. The maximum absolute atomic E-state index is 12.0. The highest BCUT2D eigenvalue weighted by molar-refractivity contribution is 5.97. The van der Waals surface area contributed by atoms with Gasteiger partial charge in [0.2, 0.25) is 0 Å². The van der Waals surface area contributed by atoms with E-state index in [0.717, 1.165) is 51.5 Å². The van der Waals surface area contributed by atoms with Crippen molar-refractivity contribution in [2.75, 3.05) is 13.7 Å². The number of benzene rings is 1. The van der Waals surface area contributed by atoms with Crippen LogP contribution in [0.25, 0.3) is 23.4 Å². The topological polar surface area (TPSA) is 104 Å². The van der Waals surface area contributed by atoms with Crippen molar-refractivity contribution in [2.45, 2.75) is 19.5 Å². The standard InChI is InChI=1S/C22H21N3O2.C2HF3O2/c1-14-11-15(4-6-21(14)27-2)3-5-17-12-16(7-9-23-17)20-13-18-19(25-20)8-10-24-22(18)26;3-2(4,5)1(6)7/h3-7,9,11-13,25H,8,10H2,1-2H3,(H,24,26);(H,6,7)/b5-3+;. The number of aliphatic carboxylic acids is 1. The Morgan fingerprint density at radius 1 is 1.18 bits per heavy atom. The van der Waals surface area contributed by atoms with E-state index in [4.69, 9.17) is 14.6 Å². The monoisotopic (exact) mass is 473 g/mol. The van der Waals surface area contributed by atoms with Gasteiger partial charge in [-0.05, 0) is 54.5 Å². The normalized spacial score (nSPS) is 13.0. The summed E-state index contributed by atoms with van der Waals surface area (Å²) in [6.07, 6.45) is 1.55. The number of hydrogen-bond donors (Lipinski definition) is 3. The van der Waals surface area contributed by atoms with E-state index in [0.29, 0.717) is 6.54 Å². The lowest BCUT2D eigenvalue weighted by atomic mass is 10.1. The Balaban J connectivity index is 0.000000406. The van der Waals surface area contributed by atoms with Gasteiger partial charge >= 0.3 is 12.1 Å². The number of H-pyrrole nitrogens is 1. The number of fused-ring (bicyclic) bond motifs is 1. The first-order valence-electron chi connectivity index (χ1n) is 10.2. The second-order valence-electron chi connectivity index (χ2n) is 7.42. The van der Waals surface area contributed by atoms with Crippen molar-refractivity contribution >= 4 is 24.0 Å². The number of nitrogens with zero attached hydrogens (tertiary/aromatic N) is 1. The lowest BCUT2D eigenvalue weighted by Crippen LogP contribution is -2.31. The fraction of sp³-hybridized carbons (Fsp3) is 0.208. The summed E-state index contributed by atoms with van der Waals surface area (Å²) >= 11 is 0. The zero-order valence-corrected chi connectivity index (χ0v) is 18.4. The summed E-state index contributed by atoms with van der Waals surface area (Å²) in [7, 11) is 1.68. The summed E-state index contributed by atoms with van der Waals surface area (Å²) in [6.45, 7) is 2.70. The molecule has 1 aromatic carbocycles. The van der Waals surface area contributed by atoms with E-state index in [-0.39, 0.29) is 5.91 Å². The molecule has 0 atom stereocenters. The molecule has 10 heteroatoms. The van der Waals surface area contributed by atoms with Gasteiger partial charge in [-0.1, -0.05) is 12.1 Å². The fourth-order valence-corrected chi connectivity index (χ4v) is 3.34. The molecule has 1 aliphatic rings. The molecule has 1 aliphatic heterocycles. The minimum atomic E-state index is -5.08. The zero-order valence-electron chi connectivity index (χ0n) is 18.4. The largest absolute Gasteiger partial charge is 0.496 e. The molecule has 2 aromatic heterocycles. The van der Waals surface area contributed by atoms with Crippen LogP contribution in [0.15, 0.2) is 42.6 Å². The summed E-state index contributed by atoms with van der Waals surface area (Å²) in [6, 6.07) is 11.9. The predicted molar refractivity (Wildman–Crippen MR) is 120 cm³/mol. The van der Waals surface area contributed by atoms with E-state index in [2.05, 4.69) is 21.4 Å². The Hall–Kier alpha value is -4.08. The van der Waals surface area contributed by atoms with Gasteiger partial charge in [0.15, 0.2) is 0 Å². The van der Waals surface area contributed by atoms with Gasteiger partial charge in [-0.2, -0.15) is 13.2 Å². The second-order valence-corrected chi connectivity index (χ2v) is 7.42. The Morgan fingerprint density at radius 2 is 1.91 bits per heavy atom. The first kappa shape index (κ1) is 24.6. The van der Waals surface area contributed by atoms with Gasteiger partial charge in [0, 0.05) is 36.1 Å². The van der Waals surface area contributed by atoms with Gasteiger partial charge in [-0.3, -0.25) is 9.78 Å². The Bertz CT molecular complexity index is 1230. The number of methoxy groups -OCH3 is 1. The molecule has 0 bridgehead atoms. The molecular formula is C24H22F3N3O4. The van der Waals surface area contributed by atoms with Crippen LogP contribution in [0.2, 0.25) is 0 Å². The van der Waals surface area contributed by atoms with Crippen molar-refractivity contribution in [1.82, 2.24) is 15.3 Å². The molecule has 3 N–H and O–H groups in total. The number of aryl methyl sites for hydroxylation is 1. The van der Waals surface area contributed by atoms with Crippen LogP contribution in [0.4, 0.5) is 13.2 Å². The second kappa shape index (κ2) is 10.2. The number of pyridine rings is 1. The number of halogens is 3. The number of alkyl halides is 3. The van der Waals surface area contributed by atoms with E-state index in [1.165, 1.54) is 0 Å². The molecule has 0 aliphatic carbocycles. The van der Waals surface area contributed by atoms with Crippen LogP contribution >= 0.6 is 0 Å². The predicted octanol–water partition coefficient (Wildman–Crippen LogP) is 4.48. The number of carbonyl (C=O) groups is 2. The maximum atomic E-state index is 12.0. The van der Waals surface area contributed by atoms with Crippen LogP contribution in [0, 0.1) is 6.92 Å². The van der Waals surface area contributed by atoms with Gasteiger partial charge in [0.05, 0.1) is 18.4 Å². The third-order valence-electron chi connectivity index (χ3n) is 5.00. The average molecular weight is 473 g/mol. The molecule has 0 saturated heterocycles. The number of ether oxygens (including phenoxy) is 1. The van der Waals surface area contributed by atoms with Crippen LogP contribution in [0.5, 0.6) is 5.75 Å². The first-order valence-corrected chi connectivity index (χ1v) is 10.2. The van der Waals surface area contributed by atoms with Crippen molar-refractivity contribution < 1.29 is 32.6 Å². The third-order valence-corrected chi connectivity index (χ3v) is 5.00. The van der Waals surface area contributed by atoms with Gasteiger partial charge < -0.3 is 20.1 Å². The molecule has 0 radical (unpaired) electrons. The summed E-state index contributed by atoms with van der Waals surface area (Å²) in [4.78, 5) is 28.7. The first-order chi connectivity index (χ1) is 16.1. The Morgan fingerprint density at radius 3 is 2.53 bits per heavy atom. The van der Waals surface area contributed by atoms with Gasteiger partial charge in [0.25, 0.3) is 5.91 Å². The van der Waals surface area contributed by atoms with Crippen molar-refractivity contribution in [2.24, 2.45) is 0 Å². The van der Waals surface area contributed by atoms with Crippen LogP contribution < -0.4 is 10.1 Å². The van der Waals surface area contributed by atoms with E-state index in [1.54, 1.807) is 13.3 Å². The number of nitrogens with one attached hydrogen (secondary N) is 2. The lowest BCUT2D eigenvalue weighted by molar-refractivity contribution is -0.192. The van der Waals surface area contributed by atoms with Crippen LogP contribution in [-0.4, -0.2) is 46.8 Å². The molecule has 4 rings (SSSR count). The molecule has 1 amide bonds. The van der Waals surface area contributed by atoms with Crippen molar-refractivity contribution in [3.05, 3.63) is 70.7 Å². The lowest BCUT2D eigenvalue weighted by Gasteiger charge is -2.10. The summed E-state index contributed by atoms with van der Waals surface area (Å²) in [5.41, 5.74) is 6.73. The smallest absolute Gasteiger partial charge is 0.490 e. The molecule has 0 spiro atoms. The fourth-order valence-electron chi connectivity index (χ4n) is 3.34. The van der Waals surface area contributed by atoms with Crippen LogP contribution in [0.3, 0.4) is 0 Å². The van der Waals surface area contributed by atoms with E-state index < -0.39 is 12.1 Å². The quantitative estimate of drug-likeness (QED) is 0.518. The number of aromatic amines is 1. The van der Waals surface area contributed by atoms with Gasteiger partial charge in [-0.15, -0.1) is 0 Å². The molecule has 178 valence electrons. The molecule has 3 heterocycles. The van der Waals surface area contributed by atoms with E-state index >= 15 is 0 Å². The summed E-state index contributed by atoms with van der Waals surface area (Å²) < 4.78 is 37.0. The highest BCUT2D eigenvalue weighted by atomic mass is 19.4. The number of carboxylic acids is 1. The number of aromatic nitrogens is 2. The zero-order chi connectivity index (χ0) is 24.9. The highest BCUT2D eigenvalue weighted by Crippen LogP contribution is 2.25. The minimum Gasteiger partial charge on any atom is -0.496 e. The summed E-state index contributed by atoms with van der Waals surface area (Å²) in [5.74, 6) is -1.89. The maximum Gasteiger partial charge on any atom is 0.490 e. The van der Waals surface area contributed by atoms with Crippen molar-refractivity contribution in [3.8, 4) is 17.0 Å². The number of rotatable bonds is 4. The number of carbonyl (C=O) groups excluding carboxylic acids is 1. The molecular weight excluding hydrogens is 451 g/mol. The molecule has 0 saturated carbocycles. The van der Waals surface area contributed by atoms with Crippen molar-refractivity contribution in [1.29, 1.82) is 0 Å².